The molecule has 1 saturated heterocycles. The van der Waals surface area contributed by atoms with Crippen LogP contribution in [0, 0.1) is 12.7 Å². The summed E-state index contributed by atoms with van der Waals surface area (Å²) in [5.41, 5.74) is 1.89. The number of rotatable bonds is 2. The molecule has 2 aromatic carbocycles. The van der Waals surface area contributed by atoms with Crippen LogP contribution in [0.5, 0.6) is 0 Å². The van der Waals surface area contributed by atoms with Crippen LogP contribution in [0.15, 0.2) is 48.5 Å². The van der Waals surface area contributed by atoms with Crippen LogP contribution < -0.4 is 4.90 Å². The van der Waals surface area contributed by atoms with Crippen LogP contribution in [-0.2, 0) is 4.79 Å². The molecule has 3 rings (SSSR count). The predicted molar refractivity (Wildman–Crippen MR) is 90.4 cm³/mol. The van der Waals surface area contributed by atoms with E-state index in [2.05, 4.69) is 0 Å². The standard InChI is InChI=1S/C19H19FN2O2/c1-13-7-9-15(10-8-13)19(24)21-11-12-22(18(23)14(21)2)17-6-4-3-5-16(17)20/h3-10,14H,11-12H2,1-2H3/t14-/m0/s1. The Bertz CT molecular complexity index is 773. The molecule has 0 aromatic heterocycles. The number of carbonyl (C=O) groups is 2. The van der Waals surface area contributed by atoms with E-state index in [1.54, 1.807) is 42.2 Å². The van der Waals surface area contributed by atoms with Crippen LogP contribution in [0.25, 0.3) is 0 Å². The first-order valence-corrected chi connectivity index (χ1v) is 7.92. The third kappa shape index (κ3) is 2.89. The number of anilines is 1. The minimum absolute atomic E-state index is 0.177. The summed E-state index contributed by atoms with van der Waals surface area (Å²) in [5, 5.41) is 0. The zero-order valence-corrected chi connectivity index (χ0v) is 13.7. The molecule has 124 valence electrons. The number of hydrogen-bond donors (Lipinski definition) is 0. The predicted octanol–water partition coefficient (Wildman–Crippen LogP) is 3.01. The molecule has 2 amide bonds. The van der Waals surface area contributed by atoms with Crippen molar-refractivity contribution in [3.63, 3.8) is 0 Å². The smallest absolute Gasteiger partial charge is 0.254 e. The fourth-order valence-electron chi connectivity index (χ4n) is 2.92. The van der Waals surface area contributed by atoms with Gasteiger partial charge >= 0.3 is 0 Å². The monoisotopic (exact) mass is 326 g/mol. The Morgan fingerprint density at radius 1 is 1.08 bits per heavy atom. The second kappa shape index (κ2) is 6.43. The SMILES string of the molecule is Cc1ccc(C(=O)N2CCN(c3ccccc3F)C(=O)[C@@H]2C)cc1. The number of piperazine rings is 1. The highest BCUT2D eigenvalue weighted by Gasteiger charge is 2.36. The fraction of sp³-hybridized carbons (Fsp3) is 0.263. The van der Waals surface area contributed by atoms with Gasteiger partial charge in [-0.05, 0) is 38.1 Å². The lowest BCUT2D eigenvalue weighted by Gasteiger charge is -2.39. The van der Waals surface area contributed by atoms with Crippen LogP contribution in [0.2, 0.25) is 0 Å². The highest BCUT2D eigenvalue weighted by molar-refractivity contribution is 6.03. The Morgan fingerprint density at radius 2 is 1.75 bits per heavy atom. The van der Waals surface area contributed by atoms with Crippen molar-refractivity contribution in [2.75, 3.05) is 18.0 Å². The Kier molecular flexibility index (Phi) is 4.34. The molecule has 0 bridgehead atoms. The summed E-state index contributed by atoms with van der Waals surface area (Å²) in [7, 11) is 0. The van der Waals surface area contributed by atoms with Gasteiger partial charge in [-0.2, -0.15) is 0 Å². The normalized spacial score (nSPS) is 18.0. The summed E-state index contributed by atoms with van der Waals surface area (Å²) in [6.45, 7) is 4.28. The van der Waals surface area contributed by atoms with Crippen molar-refractivity contribution < 1.29 is 14.0 Å². The number of hydrogen-bond acceptors (Lipinski definition) is 2. The first-order valence-electron chi connectivity index (χ1n) is 7.92. The van der Waals surface area contributed by atoms with E-state index in [4.69, 9.17) is 0 Å². The molecule has 5 heteroatoms. The van der Waals surface area contributed by atoms with Crippen molar-refractivity contribution in [2.45, 2.75) is 19.9 Å². The molecule has 0 spiro atoms. The highest BCUT2D eigenvalue weighted by Crippen LogP contribution is 2.24. The number of para-hydroxylation sites is 1. The number of carbonyl (C=O) groups excluding carboxylic acids is 2. The third-order valence-corrected chi connectivity index (χ3v) is 4.36. The Balaban J connectivity index is 1.81. The minimum atomic E-state index is -0.632. The van der Waals surface area contributed by atoms with Crippen molar-refractivity contribution in [3.8, 4) is 0 Å². The van der Waals surface area contributed by atoms with Gasteiger partial charge in [-0.1, -0.05) is 29.8 Å². The number of benzene rings is 2. The van der Waals surface area contributed by atoms with Crippen LogP contribution in [0.4, 0.5) is 10.1 Å². The molecule has 0 N–H and O–H groups in total. The molecule has 2 aromatic rings. The summed E-state index contributed by atoms with van der Waals surface area (Å²) in [5.74, 6) is -0.882. The maximum atomic E-state index is 14.0. The number of amides is 2. The van der Waals surface area contributed by atoms with E-state index >= 15 is 0 Å². The summed E-state index contributed by atoms with van der Waals surface area (Å²) >= 11 is 0. The van der Waals surface area contributed by atoms with Crippen molar-refractivity contribution in [2.24, 2.45) is 0 Å². The van der Waals surface area contributed by atoms with E-state index < -0.39 is 11.9 Å². The lowest BCUT2D eigenvalue weighted by Crippen LogP contribution is -2.58. The molecule has 0 unspecified atom stereocenters. The van der Waals surface area contributed by atoms with Crippen LogP contribution >= 0.6 is 0 Å². The second-order valence-electron chi connectivity index (χ2n) is 5.98. The maximum absolute atomic E-state index is 14.0. The fourth-order valence-corrected chi connectivity index (χ4v) is 2.92. The second-order valence-corrected chi connectivity index (χ2v) is 5.98. The first-order chi connectivity index (χ1) is 11.5. The van der Waals surface area contributed by atoms with Gasteiger partial charge in [0.05, 0.1) is 5.69 Å². The molecular formula is C19H19FN2O2. The van der Waals surface area contributed by atoms with E-state index in [-0.39, 0.29) is 24.0 Å². The number of aryl methyl sites for hydroxylation is 1. The maximum Gasteiger partial charge on any atom is 0.254 e. The van der Waals surface area contributed by atoms with Crippen molar-refractivity contribution in [3.05, 3.63) is 65.5 Å². The zero-order valence-electron chi connectivity index (χ0n) is 13.7. The Hall–Kier alpha value is -2.69. The van der Waals surface area contributed by atoms with Crippen LogP contribution in [-0.4, -0.2) is 35.8 Å². The molecule has 1 atom stereocenters. The topological polar surface area (TPSA) is 40.6 Å². The molecule has 0 aliphatic carbocycles. The zero-order chi connectivity index (χ0) is 17.3. The summed E-state index contributed by atoms with van der Waals surface area (Å²) < 4.78 is 14.0. The quantitative estimate of drug-likeness (QED) is 0.851. The van der Waals surface area contributed by atoms with Gasteiger partial charge in [0, 0.05) is 18.7 Å². The van der Waals surface area contributed by atoms with Gasteiger partial charge in [0.2, 0.25) is 5.91 Å². The van der Waals surface area contributed by atoms with E-state index in [9.17, 15) is 14.0 Å². The first kappa shape index (κ1) is 16.2. The summed E-state index contributed by atoms with van der Waals surface area (Å²) in [4.78, 5) is 28.3. The molecule has 1 fully saturated rings. The van der Waals surface area contributed by atoms with Gasteiger partial charge in [-0.3, -0.25) is 9.59 Å². The van der Waals surface area contributed by atoms with Crippen LogP contribution in [0.1, 0.15) is 22.8 Å². The third-order valence-electron chi connectivity index (χ3n) is 4.36. The van der Waals surface area contributed by atoms with Crippen molar-refractivity contribution in [1.29, 1.82) is 0 Å². The van der Waals surface area contributed by atoms with Crippen LogP contribution in [0.3, 0.4) is 0 Å². The van der Waals surface area contributed by atoms with Gasteiger partial charge in [0.15, 0.2) is 0 Å². The lowest BCUT2D eigenvalue weighted by molar-refractivity contribution is -0.124. The Labute approximate surface area is 140 Å². The summed E-state index contributed by atoms with van der Waals surface area (Å²) in [6, 6.07) is 12.8. The van der Waals surface area contributed by atoms with Crippen molar-refractivity contribution in [1.82, 2.24) is 4.90 Å². The number of nitrogens with zero attached hydrogens (tertiary/aromatic N) is 2. The molecule has 0 saturated carbocycles. The van der Waals surface area contributed by atoms with E-state index in [1.807, 2.05) is 19.1 Å². The molecule has 1 aliphatic heterocycles. The largest absolute Gasteiger partial charge is 0.325 e. The van der Waals surface area contributed by atoms with Gasteiger partial charge in [0.1, 0.15) is 11.9 Å². The van der Waals surface area contributed by atoms with Gasteiger partial charge < -0.3 is 9.80 Å². The minimum Gasteiger partial charge on any atom is -0.325 e. The van der Waals surface area contributed by atoms with E-state index in [0.717, 1.165) is 5.56 Å². The average molecular weight is 326 g/mol. The van der Waals surface area contributed by atoms with Gasteiger partial charge in [-0.15, -0.1) is 0 Å². The molecular weight excluding hydrogens is 307 g/mol. The molecule has 1 aliphatic rings. The molecule has 4 nitrogen and oxygen atoms in total. The molecule has 24 heavy (non-hydrogen) atoms. The van der Waals surface area contributed by atoms with E-state index in [0.29, 0.717) is 12.1 Å². The molecule has 1 heterocycles. The molecule has 0 radical (unpaired) electrons. The number of halogens is 1. The van der Waals surface area contributed by atoms with E-state index in [1.165, 1.54) is 11.0 Å². The lowest BCUT2D eigenvalue weighted by atomic mass is 10.1. The van der Waals surface area contributed by atoms with Gasteiger partial charge in [0.25, 0.3) is 5.91 Å². The summed E-state index contributed by atoms with van der Waals surface area (Å²) in [6.07, 6.45) is 0. The highest BCUT2D eigenvalue weighted by atomic mass is 19.1. The average Bonchev–Trinajstić information content (AvgIpc) is 2.58. The Morgan fingerprint density at radius 3 is 2.42 bits per heavy atom. The van der Waals surface area contributed by atoms with Crippen molar-refractivity contribution >= 4 is 17.5 Å². The van der Waals surface area contributed by atoms with Gasteiger partial charge in [-0.25, -0.2) is 4.39 Å².